The number of rotatable bonds is 16. The van der Waals surface area contributed by atoms with Crippen LogP contribution in [0.4, 0.5) is 68.2 Å². The molecule has 0 aliphatic carbocycles. The predicted octanol–water partition coefficient (Wildman–Crippen LogP) is 34.2. The van der Waals surface area contributed by atoms with Crippen LogP contribution in [0.5, 0.6) is 0 Å². The van der Waals surface area contributed by atoms with Gasteiger partial charge in [-0.25, -0.2) is 9.97 Å². The molecule has 0 aliphatic rings. The summed E-state index contributed by atoms with van der Waals surface area (Å²) in [6, 6.07) is 174. The van der Waals surface area contributed by atoms with Crippen LogP contribution in [0.1, 0.15) is 0 Å². The Morgan fingerprint density at radius 1 is 0.144 bits per heavy atom. The third-order valence-electron chi connectivity index (χ3n) is 25.8. The van der Waals surface area contributed by atoms with Gasteiger partial charge in [-0.3, -0.25) is 9.97 Å². The van der Waals surface area contributed by atoms with Gasteiger partial charge < -0.3 is 19.6 Å². The van der Waals surface area contributed by atoms with Gasteiger partial charge in [-0.05, 0) is 257 Å². The number of nitrogens with zero attached hydrogens (tertiary/aromatic N) is 8. The second-order valence-electron chi connectivity index (χ2n) is 33.5. The molecule has 0 saturated carbocycles. The Bertz CT molecular complexity index is 8570. The molecule has 132 heavy (non-hydrogen) atoms. The standard InChI is InChI=1S/C64H42N4.C60H40N4/c1-3-19-47(20-4-1)67(48-21-5-2-6-22-48)50-36-38-51(39-37-50)68(52-35-29-43-16-7-8-17-46(43)42-52)49-33-30-44(31-34-49)60-53-23-9-11-25-55(53)61(56-26-12-10-24-54(56)60)62-57-27-13-14-28-59(57)66-64-58(62)40-32-45-18-15-41-65-63(45)64;1-3-17-45(18-4-1)63(46-19-5-2-6-20-46)48-32-34-49(35-33-48)64(50-31-25-41-14-7-8-15-44(41)40-50)47-29-26-42(27-30-47)51-37-38-54(53-22-10-9-21-52(51)53)58-55-23-11-12-24-57(55)62-60-56(58)36-28-43-16-13-39-61-59(43)60/h1-42H;1-40H. The molecular formula is C124H82N8. The number of aromatic nitrogens is 4. The summed E-state index contributed by atoms with van der Waals surface area (Å²) in [6.07, 6.45) is 3.73. The summed E-state index contributed by atoms with van der Waals surface area (Å²) in [6.45, 7) is 0. The van der Waals surface area contributed by atoms with Crippen molar-refractivity contribution >= 4 is 188 Å². The fraction of sp³-hybridized carbons (Fsp3) is 0. The molecule has 0 amide bonds. The molecule has 21 aromatic carbocycles. The lowest BCUT2D eigenvalue weighted by atomic mass is 9.84. The number of fused-ring (bicyclic) bond motifs is 13. The molecule has 8 nitrogen and oxygen atoms in total. The Morgan fingerprint density at radius 2 is 0.417 bits per heavy atom. The van der Waals surface area contributed by atoms with Gasteiger partial charge in [0.1, 0.15) is 0 Å². The molecule has 0 saturated heterocycles. The van der Waals surface area contributed by atoms with Gasteiger partial charge in [0.2, 0.25) is 0 Å². The average molecular weight is 1680 g/mol. The molecule has 4 heterocycles. The van der Waals surface area contributed by atoms with Gasteiger partial charge in [0, 0.05) is 124 Å². The van der Waals surface area contributed by atoms with Crippen molar-refractivity contribution in [2.45, 2.75) is 0 Å². The fourth-order valence-electron chi connectivity index (χ4n) is 19.8. The van der Waals surface area contributed by atoms with Crippen molar-refractivity contribution in [3.8, 4) is 44.5 Å². The molecular weight excluding hydrogens is 1600 g/mol. The van der Waals surface area contributed by atoms with Crippen LogP contribution in [0, 0.1) is 0 Å². The minimum Gasteiger partial charge on any atom is -0.311 e. The molecule has 4 aromatic heterocycles. The maximum absolute atomic E-state index is 5.27. The first-order chi connectivity index (χ1) is 65.5. The van der Waals surface area contributed by atoms with Crippen LogP contribution in [0.3, 0.4) is 0 Å². The van der Waals surface area contributed by atoms with Gasteiger partial charge in [-0.15, -0.1) is 0 Å². The van der Waals surface area contributed by atoms with E-state index < -0.39 is 0 Å². The van der Waals surface area contributed by atoms with Crippen LogP contribution >= 0.6 is 0 Å². The van der Waals surface area contributed by atoms with Gasteiger partial charge in [0.05, 0.1) is 33.1 Å². The van der Waals surface area contributed by atoms with Crippen molar-refractivity contribution < 1.29 is 0 Å². The van der Waals surface area contributed by atoms with E-state index in [2.05, 4.69) is 493 Å². The van der Waals surface area contributed by atoms with Crippen molar-refractivity contribution in [2.24, 2.45) is 0 Å². The molecule has 0 atom stereocenters. The molecule has 618 valence electrons. The van der Waals surface area contributed by atoms with Crippen molar-refractivity contribution in [1.82, 2.24) is 19.9 Å². The van der Waals surface area contributed by atoms with Crippen LogP contribution < -0.4 is 19.6 Å². The molecule has 0 radical (unpaired) electrons. The largest absolute Gasteiger partial charge is 0.311 e. The molecule has 0 unspecified atom stereocenters. The van der Waals surface area contributed by atoms with E-state index in [-0.39, 0.29) is 0 Å². The van der Waals surface area contributed by atoms with Gasteiger partial charge in [0.25, 0.3) is 0 Å². The molecule has 8 heteroatoms. The third-order valence-corrected chi connectivity index (χ3v) is 25.8. The van der Waals surface area contributed by atoms with E-state index in [9.17, 15) is 0 Å². The van der Waals surface area contributed by atoms with Gasteiger partial charge in [0.15, 0.2) is 0 Å². The highest BCUT2D eigenvalue weighted by Gasteiger charge is 2.26. The average Bonchev–Trinajstić information content (AvgIpc) is 0.722. The van der Waals surface area contributed by atoms with Crippen molar-refractivity contribution in [3.05, 3.63) is 498 Å². The van der Waals surface area contributed by atoms with Crippen LogP contribution in [0.25, 0.3) is 164 Å². The molecule has 25 aromatic rings. The molecule has 0 spiro atoms. The zero-order valence-corrected chi connectivity index (χ0v) is 71.9. The quantitative estimate of drug-likeness (QED) is 0.0700. The van der Waals surface area contributed by atoms with E-state index >= 15 is 0 Å². The highest BCUT2D eigenvalue weighted by atomic mass is 15.2. The second-order valence-corrected chi connectivity index (χ2v) is 33.5. The summed E-state index contributed by atoms with van der Waals surface area (Å²) in [4.78, 5) is 29.4. The minimum atomic E-state index is 0.914. The van der Waals surface area contributed by atoms with Crippen molar-refractivity contribution in [2.75, 3.05) is 19.6 Å². The lowest BCUT2D eigenvalue weighted by Gasteiger charge is -2.28. The molecule has 25 rings (SSSR count). The van der Waals surface area contributed by atoms with Gasteiger partial charge >= 0.3 is 0 Å². The summed E-state index contributed by atoms with van der Waals surface area (Å²) < 4.78 is 0. The molecule has 0 N–H and O–H groups in total. The summed E-state index contributed by atoms with van der Waals surface area (Å²) in [5, 5.41) is 18.6. The first kappa shape index (κ1) is 77.8. The van der Waals surface area contributed by atoms with Crippen LogP contribution in [-0.4, -0.2) is 19.9 Å². The topological polar surface area (TPSA) is 64.5 Å². The Labute approximate surface area is 764 Å². The monoisotopic (exact) mass is 1680 g/mol. The van der Waals surface area contributed by atoms with Crippen molar-refractivity contribution in [1.29, 1.82) is 0 Å². The third kappa shape index (κ3) is 14.1. The van der Waals surface area contributed by atoms with E-state index in [0.29, 0.717) is 0 Å². The highest BCUT2D eigenvalue weighted by molar-refractivity contribution is 6.28. The highest BCUT2D eigenvalue weighted by Crippen LogP contribution is 2.51. The number of anilines is 12. The lowest BCUT2D eigenvalue weighted by Crippen LogP contribution is -2.12. The molecule has 0 aliphatic heterocycles. The zero-order chi connectivity index (χ0) is 87.4. The molecule has 0 bridgehead atoms. The number of hydrogen-bond acceptors (Lipinski definition) is 8. The lowest BCUT2D eigenvalue weighted by molar-refractivity contribution is 1.26. The summed E-state index contributed by atoms with van der Waals surface area (Å²) in [5.74, 6) is 0. The maximum Gasteiger partial charge on any atom is 0.0978 e. The van der Waals surface area contributed by atoms with Gasteiger partial charge in [-0.2, -0.15) is 0 Å². The van der Waals surface area contributed by atoms with E-state index in [1.165, 1.54) is 87.2 Å². The first-order valence-corrected chi connectivity index (χ1v) is 44.9. The normalized spacial score (nSPS) is 11.5. The number of para-hydroxylation sites is 6. The smallest absolute Gasteiger partial charge is 0.0978 e. The summed E-state index contributed by atoms with van der Waals surface area (Å²) in [5.41, 5.74) is 28.1. The second kappa shape index (κ2) is 33.6. The predicted molar refractivity (Wildman–Crippen MR) is 557 cm³/mol. The first-order valence-electron chi connectivity index (χ1n) is 44.9. The zero-order valence-electron chi connectivity index (χ0n) is 71.9. The van der Waals surface area contributed by atoms with Crippen LogP contribution in [0.2, 0.25) is 0 Å². The fourth-order valence-corrected chi connectivity index (χ4v) is 19.8. The van der Waals surface area contributed by atoms with E-state index in [0.717, 1.165) is 145 Å². The molecule has 0 fully saturated rings. The van der Waals surface area contributed by atoms with Gasteiger partial charge in [-0.1, -0.05) is 315 Å². The number of pyridine rings is 4. The SMILES string of the molecule is c1ccc(N(c2ccccc2)c2ccc(N(c3ccc(-c4c5ccccc5c(-c5c6ccccc6nc6c5ccc5cccnc56)c5ccccc45)cc3)c3ccc4ccccc4c3)cc2)cc1.c1ccc(N(c2ccccc2)c2ccc(N(c3ccc(-c4ccc(-c5c6ccccc6nc6c5ccc5cccnc56)c5ccccc45)cc3)c3ccc4ccccc4c3)cc2)cc1. The van der Waals surface area contributed by atoms with Crippen LogP contribution in [0.15, 0.2) is 498 Å². The number of benzene rings is 21. The van der Waals surface area contributed by atoms with E-state index in [4.69, 9.17) is 19.9 Å². The van der Waals surface area contributed by atoms with Crippen molar-refractivity contribution in [3.63, 3.8) is 0 Å². The van der Waals surface area contributed by atoms with E-state index in [1.807, 2.05) is 24.5 Å². The van der Waals surface area contributed by atoms with Crippen LogP contribution in [-0.2, 0) is 0 Å². The number of hydrogen-bond donors (Lipinski definition) is 0. The summed E-state index contributed by atoms with van der Waals surface area (Å²) >= 11 is 0. The Morgan fingerprint density at radius 3 is 0.833 bits per heavy atom. The Kier molecular flexibility index (Phi) is 19.8. The van der Waals surface area contributed by atoms with E-state index in [1.54, 1.807) is 0 Å². The Hall–Kier alpha value is -17.7. The Balaban J connectivity index is 0.000000146. The summed E-state index contributed by atoms with van der Waals surface area (Å²) in [7, 11) is 0. The minimum absolute atomic E-state index is 0.914. The maximum atomic E-state index is 5.27.